The lowest BCUT2D eigenvalue weighted by Gasteiger charge is -2.33. The van der Waals surface area contributed by atoms with Gasteiger partial charge in [0.2, 0.25) is 0 Å². The number of rotatable bonds is 5. The van der Waals surface area contributed by atoms with Gasteiger partial charge in [0.05, 0.1) is 4.92 Å². The number of anilines is 1. The molecule has 0 radical (unpaired) electrons. The largest absolute Gasteiger partial charge is 0.363 e. The standard InChI is InChI=1S/C15H20FN3O2/c16-13-2-1-3-14(19(20)21)15(13)18-8-6-12(7-9-18)17-10-11-4-5-11/h1-3,11-12,17H,4-10H2. The molecule has 1 aromatic carbocycles. The number of nitro groups is 1. The predicted molar refractivity (Wildman–Crippen MR) is 79.0 cm³/mol. The molecule has 1 aliphatic carbocycles. The molecule has 1 heterocycles. The lowest BCUT2D eigenvalue weighted by molar-refractivity contribution is -0.384. The minimum Gasteiger partial charge on any atom is -0.363 e. The third kappa shape index (κ3) is 3.32. The minimum atomic E-state index is -0.506. The molecule has 21 heavy (non-hydrogen) atoms. The maximum absolute atomic E-state index is 14.0. The lowest BCUT2D eigenvalue weighted by atomic mass is 10.0. The van der Waals surface area contributed by atoms with Crippen molar-refractivity contribution in [3.63, 3.8) is 0 Å². The van der Waals surface area contributed by atoms with Crippen molar-refractivity contribution in [2.75, 3.05) is 24.5 Å². The fourth-order valence-electron chi connectivity index (χ4n) is 2.93. The van der Waals surface area contributed by atoms with Gasteiger partial charge in [-0.25, -0.2) is 4.39 Å². The summed E-state index contributed by atoms with van der Waals surface area (Å²) in [5.41, 5.74) is 0.00234. The summed E-state index contributed by atoms with van der Waals surface area (Å²) < 4.78 is 14.0. The highest BCUT2D eigenvalue weighted by molar-refractivity contribution is 5.64. The van der Waals surface area contributed by atoms with Gasteiger partial charge in [0.1, 0.15) is 0 Å². The highest BCUT2D eigenvalue weighted by Gasteiger charge is 2.28. The summed E-state index contributed by atoms with van der Waals surface area (Å²) in [6.45, 7) is 2.39. The predicted octanol–water partition coefficient (Wildman–Crippen LogP) is 2.70. The van der Waals surface area contributed by atoms with Crippen molar-refractivity contribution in [1.29, 1.82) is 0 Å². The Morgan fingerprint density at radius 2 is 2.00 bits per heavy atom. The molecular weight excluding hydrogens is 273 g/mol. The maximum Gasteiger partial charge on any atom is 0.295 e. The molecule has 1 aliphatic heterocycles. The molecule has 1 N–H and O–H groups in total. The van der Waals surface area contributed by atoms with Gasteiger partial charge in [0, 0.05) is 25.2 Å². The molecule has 0 unspecified atom stereocenters. The van der Waals surface area contributed by atoms with Gasteiger partial charge in [-0.2, -0.15) is 0 Å². The Morgan fingerprint density at radius 3 is 2.62 bits per heavy atom. The number of benzene rings is 1. The maximum atomic E-state index is 14.0. The second-order valence-electron chi connectivity index (χ2n) is 5.98. The number of piperidine rings is 1. The second kappa shape index (κ2) is 5.97. The summed E-state index contributed by atoms with van der Waals surface area (Å²) in [4.78, 5) is 12.4. The fourth-order valence-corrected chi connectivity index (χ4v) is 2.93. The summed E-state index contributed by atoms with van der Waals surface area (Å²) in [6, 6.07) is 4.50. The van der Waals surface area contributed by atoms with E-state index < -0.39 is 10.7 Å². The summed E-state index contributed by atoms with van der Waals surface area (Å²) in [5, 5.41) is 14.6. The van der Waals surface area contributed by atoms with Crippen molar-refractivity contribution in [2.45, 2.75) is 31.7 Å². The van der Waals surface area contributed by atoms with Crippen LogP contribution < -0.4 is 10.2 Å². The Bertz CT molecular complexity index is 526. The quantitative estimate of drug-likeness (QED) is 0.670. The number of hydrogen-bond donors (Lipinski definition) is 1. The van der Waals surface area contributed by atoms with Crippen molar-refractivity contribution >= 4 is 11.4 Å². The molecule has 0 amide bonds. The molecule has 1 saturated heterocycles. The van der Waals surface area contributed by atoms with E-state index in [2.05, 4.69) is 5.32 Å². The monoisotopic (exact) mass is 293 g/mol. The Labute approximate surface area is 123 Å². The zero-order chi connectivity index (χ0) is 14.8. The van der Waals surface area contributed by atoms with Gasteiger partial charge in [0.25, 0.3) is 5.69 Å². The summed E-state index contributed by atoms with van der Waals surface area (Å²) >= 11 is 0. The number of nitrogens with zero attached hydrogens (tertiary/aromatic N) is 2. The van der Waals surface area contributed by atoms with Crippen LogP contribution in [0.15, 0.2) is 18.2 Å². The van der Waals surface area contributed by atoms with E-state index in [1.54, 1.807) is 0 Å². The third-order valence-electron chi connectivity index (χ3n) is 4.37. The zero-order valence-corrected chi connectivity index (χ0v) is 11.9. The van der Waals surface area contributed by atoms with E-state index in [0.717, 1.165) is 25.3 Å². The molecular formula is C15H20FN3O2. The number of halogens is 1. The SMILES string of the molecule is O=[N+]([O-])c1cccc(F)c1N1CCC(NCC2CC2)CC1. The van der Waals surface area contributed by atoms with E-state index in [9.17, 15) is 14.5 Å². The highest BCUT2D eigenvalue weighted by atomic mass is 19.1. The van der Waals surface area contributed by atoms with Gasteiger partial charge < -0.3 is 10.2 Å². The van der Waals surface area contributed by atoms with E-state index >= 15 is 0 Å². The fraction of sp³-hybridized carbons (Fsp3) is 0.600. The Hall–Kier alpha value is -1.69. The van der Waals surface area contributed by atoms with Crippen LogP contribution in [0.25, 0.3) is 0 Å². The van der Waals surface area contributed by atoms with Crippen molar-refractivity contribution in [1.82, 2.24) is 5.32 Å². The molecule has 0 atom stereocenters. The average Bonchev–Trinajstić information content (AvgIpc) is 3.30. The van der Waals surface area contributed by atoms with E-state index in [4.69, 9.17) is 0 Å². The van der Waals surface area contributed by atoms with Crippen LogP contribution in [0.4, 0.5) is 15.8 Å². The Kier molecular flexibility index (Phi) is 4.05. The van der Waals surface area contributed by atoms with Gasteiger partial charge in [-0.3, -0.25) is 10.1 Å². The molecule has 0 bridgehead atoms. The average molecular weight is 293 g/mol. The van der Waals surface area contributed by atoms with Crippen LogP contribution >= 0.6 is 0 Å². The van der Waals surface area contributed by atoms with Gasteiger partial charge in [-0.1, -0.05) is 6.07 Å². The van der Waals surface area contributed by atoms with Gasteiger partial charge in [-0.05, 0) is 44.2 Å². The van der Waals surface area contributed by atoms with Crippen molar-refractivity contribution in [2.24, 2.45) is 5.92 Å². The molecule has 1 saturated carbocycles. The van der Waals surface area contributed by atoms with Crippen LogP contribution in [0.3, 0.4) is 0 Å². The number of nitrogens with one attached hydrogen (secondary N) is 1. The first kappa shape index (κ1) is 14.3. The minimum absolute atomic E-state index is 0.139. The van der Waals surface area contributed by atoms with E-state index in [1.165, 1.54) is 31.0 Å². The molecule has 0 aromatic heterocycles. The van der Waals surface area contributed by atoms with Crippen LogP contribution in [0.5, 0.6) is 0 Å². The van der Waals surface area contributed by atoms with Crippen LogP contribution in [0, 0.1) is 21.8 Å². The number of hydrogen-bond acceptors (Lipinski definition) is 4. The van der Waals surface area contributed by atoms with Crippen molar-refractivity contribution < 1.29 is 9.31 Å². The summed E-state index contributed by atoms with van der Waals surface area (Å²) in [7, 11) is 0. The van der Waals surface area contributed by atoms with E-state index in [-0.39, 0.29) is 11.4 Å². The molecule has 5 nitrogen and oxygen atoms in total. The topological polar surface area (TPSA) is 58.4 Å². The Morgan fingerprint density at radius 1 is 1.29 bits per heavy atom. The molecule has 3 rings (SSSR count). The third-order valence-corrected chi connectivity index (χ3v) is 4.37. The summed E-state index contributed by atoms with van der Waals surface area (Å²) in [6.07, 6.45) is 4.46. The highest BCUT2D eigenvalue weighted by Crippen LogP contribution is 2.33. The smallest absolute Gasteiger partial charge is 0.295 e. The van der Waals surface area contributed by atoms with E-state index in [0.29, 0.717) is 19.1 Å². The van der Waals surface area contributed by atoms with Crippen molar-refractivity contribution in [3.05, 3.63) is 34.1 Å². The molecule has 114 valence electrons. The van der Waals surface area contributed by atoms with Crippen LogP contribution in [0.2, 0.25) is 0 Å². The number of para-hydroxylation sites is 1. The van der Waals surface area contributed by atoms with Crippen LogP contribution in [0.1, 0.15) is 25.7 Å². The van der Waals surface area contributed by atoms with Gasteiger partial charge in [-0.15, -0.1) is 0 Å². The molecule has 1 aromatic rings. The first-order chi connectivity index (χ1) is 10.1. The van der Waals surface area contributed by atoms with Gasteiger partial charge in [0.15, 0.2) is 11.5 Å². The molecule has 6 heteroatoms. The zero-order valence-electron chi connectivity index (χ0n) is 11.9. The molecule has 0 spiro atoms. The van der Waals surface area contributed by atoms with Gasteiger partial charge >= 0.3 is 0 Å². The summed E-state index contributed by atoms with van der Waals surface area (Å²) in [5.74, 6) is 0.337. The Balaban J connectivity index is 1.64. The lowest BCUT2D eigenvalue weighted by Crippen LogP contribution is -2.43. The van der Waals surface area contributed by atoms with E-state index in [1.807, 2.05) is 4.90 Å². The van der Waals surface area contributed by atoms with Crippen LogP contribution in [-0.2, 0) is 0 Å². The number of nitro benzene ring substituents is 1. The first-order valence-corrected chi connectivity index (χ1v) is 7.56. The van der Waals surface area contributed by atoms with Crippen LogP contribution in [-0.4, -0.2) is 30.6 Å². The normalized spacial score (nSPS) is 19.8. The molecule has 2 aliphatic rings. The second-order valence-corrected chi connectivity index (χ2v) is 5.98. The molecule has 2 fully saturated rings. The van der Waals surface area contributed by atoms with Crippen molar-refractivity contribution in [3.8, 4) is 0 Å². The first-order valence-electron chi connectivity index (χ1n) is 7.56.